The molecule has 22 heavy (non-hydrogen) atoms. The second-order valence-electron chi connectivity index (χ2n) is 5.40. The Balaban J connectivity index is 3.33. The summed E-state index contributed by atoms with van der Waals surface area (Å²) >= 11 is 0. The van der Waals surface area contributed by atoms with Crippen molar-refractivity contribution in [2.45, 2.75) is 57.5 Å². The standard InChI is InChI=1S/C15H24N2O4S/c1-5-10(3)16-13-8-7-12(15(18)19)9-14(13)22(20,21)17-11(4)6-2/h7-11,16-17H,5-6H2,1-4H3,(H,18,19)/t10-,11+/m0/s1. The summed E-state index contributed by atoms with van der Waals surface area (Å²) in [6.07, 6.45) is 1.46. The maximum absolute atomic E-state index is 12.5. The average molecular weight is 328 g/mol. The number of carbonyl (C=O) groups is 1. The first-order chi connectivity index (χ1) is 10.2. The average Bonchev–Trinajstić information content (AvgIpc) is 2.46. The Morgan fingerprint density at radius 2 is 1.77 bits per heavy atom. The van der Waals surface area contributed by atoms with Crippen molar-refractivity contribution in [1.82, 2.24) is 4.72 Å². The number of carboxylic acids is 1. The predicted molar refractivity (Wildman–Crippen MR) is 86.9 cm³/mol. The Hall–Kier alpha value is -1.60. The third kappa shape index (κ3) is 4.71. The van der Waals surface area contributed by atoms with Gasteiger partial charge < -0.3 is 10.4 Å². The monoisotopic (exact) mass is 328 g/mol. The number of rotatable bonds is 8. The highest BCUT2D eigenvalue weighted by Crippen LogP contribution is 2.24. The van der Waals surface area contributed by atoms with Crippen molar-refractivity contribution >= 4 is 21.7 Å². The van der Waals surface area contributed by atoms with Crippen LogP contribution in [0.25, 0.3) is 0 Å². The summed E-state index contributed by atoms with van der Waals surface area (Å²) in [5.74, 6) is -1.16. The van der Waals surface area contributed by atoms with Crippen molar-refractivity contribution in [2.24, 2.45) is 0 Å². The Morgan fingerprint density at radius 1 is 1.18 bits per heavy atom. The molecule has 7 heteroatoms. The van der Waals surface area contributed by atoms with E-state index in [1.165, 1.54) is 18.2 Å². The van der Waals surface area contributed by atoms with E-state index in [0.717, 1.165) is 6.42 Å². The maximum atomic E-state index is 12.5. The van der Waals surface area contributed by atoms with Gasteiger partial charge in [-0.2, -0.15) is 0 Å². The summed E-state index contributed by atoms with van der Waals surface area (Å²) in [6, 6.07) is 3.94. The molecular weight excluding hydrogens is 304 g/mol. The first-order valence-electron chi connectivity index (χ1n) is 7.37. The summed E-state index contributed by atoms with van der Waals surface area (Å²) in [4.78, 5) is 11.1. The highest BCUT2D eigenvalue weighted by Gasteiger charge is 2.22. The third-order valence-corrected chi connectivity index (χ3v) is 5.13. The quantitative estimate of drug-likeness (QED) is 0.682. The van der Waals surface area contributed by atoms with Crippen LogP contribution in [0.15, 0.2) is 23.1 Å². The van der Waals surface area contributed by atoms with Gasteiger partial charge in [-0.25, -0.2) is 17.9 Å². The summed E-state index contributed by atoms with van der Waals surface area (Å²) in [5, 5.41) is 12.2. The second-order valence-corrected chi connectivity index (χ2v) is 7.08. The molecule has 0 unspecified atom stereocenters. The third-order valence-electron chi connectivity index (χ3n) is 3.50. The summed E-state index contributed by atoms with van der Waals surface area (Å²) in [7, 11) is -3.79. The van der Waals surface area contributed by atoms with Crippen LogP contribution in [-0.2, 0) is 10.0 Å². The van der Waals surface area contributed by atoms with Crippen LogP contribution in [-0.4, -0.2) is 31.6 Å². The first kappa shape index (κ1) is 18.4. The van der Waals surface area contributed by atoms with E-state index in [0.29, 0.717) is 12.1 Å². The molecule has 2 atom stereocenters. The molecule has 1 aromatic rings. The van der Waals surface area contributed by atoms with Crippen LogP contribution >= 0.6 is 0 Å². The summed E-state index contributed by atoms with van der Waals surface area (Å²) in [5.41, 5.74) is 0.356. The molecule has 1 aromatic carbocycles. The fourth-order valence-corrected chi connectivity index (χ4v) is 3.30. The highest BCUT2D eigenvalue weighted by molar-refractivity contribution is 7.89. The van der Waals surface area contributed by atoms with Crippen LogP contribution in [0.2, 0.25) is 0 Å². The van der Waals surface area contributed by atoms with Crippen LogP contribution in [0.1, 0.15) is 50.9 Å². The van der Waals surface area contributed by atoms with Crippen LogP contribution in [0.5, 0.6) is 0 Å². The SMILES string of the molecule is CC[C@@H](C)NS(=O)(=O)c1cc(C(=O)O)ccc1N[C@@H](C)CC. The lowest BCUT2D eigenvalue weighted by Crippen LogP contribution is -2.33. The molecular formula is C15H24N2O4S. The lowest BCUT2D eigenvalue weighted by atomic mass is 10.2. The molecule has 0 saturated heterocycles. The zero-order valence-electron chi connectivity index (χ0n) is 13.4. The van der Waals surface area contributed by atoms with Gasteiger partial charge in [0.15, 0.2) is 0 Å². The van der Waals surface area contributed by atoms with Crippen LogP contribution in [0.3, 0.4) is 0 Å². The van der Waals surface area contributed by atoms with Gasteiger partial charge in [-0.1, -0.05) is 13.8 Å². The number of hydrogen-bond donors (Lipinski definition) is 3. The van der Waals surface area contributed by atoms with Gasteiger partial charge in [0.25, 0.3) is 0 Å². The Labute approximate surface area is 132 Å². The molecule has 0 saturated carbocycles. The molecule has 6 nitrogen and oxygen atoms in total. The lowest BCUT2D eigenvalue weighted by molar-refractivity contribution is 0.0696. The molecule has 0 aliphatic carbocycles. The van der Waals surface area contributed by atoms with Gasteiger partial charge >= 0.3 is 5.97 Å². The first-order valence-corrected chi connectivity index (χ1v) is 8.85. The van der Waals surface area contributed by atoms with E-state index >= 15 is 0 Å². The Morgan fingerprint density at radius 3 is 2.27 bits per heavy atom. The van der Waals surface area contributed by atoms with Crippen molar-refractivity contribution in [3.8, 4) is 0 Å². The normalized spacial score (nSPS) is 14.4. The molecule has 124 valence electrons. The summed E-state index contributed by atoms with van der Waals surface area (Å²) in [6.45, 7) is 7.55. The zero-order valence-corrected chi connectivity index (χ0v) is 14.2. The van der Waals surface area contributed by atoms with Crippen molar-refractivity contribution in [1.29, 1.82) is 0 Å². The van der Waals surface area contributed by atoms with Gasteiger partial charge in [0.1, 0.15) is 4.90 Å². The van der Waals surface area contributed by atoms with Crippen molar-refractivity contribution in [2.75, 3.05) is 5.32 Å². The molecule has 0 aliphatic heterocycles. The van der Waals surface area contributed by atoms with E-state index in [-0.39, 0.29) is 22.5 Å². The minimum Gasteiger partial charge on any atom is -0.478 e. The number of anilines is 1. The fraction of sp³-hybridized carbons (Fsp3) is 0.533. The molecule has 0 fully saturated rings. The molecule has 0 amide bonds. The van der Waals surface area contributed by atoms with Crippen molar-refractivity contribution in [3.05, 3.63) is 23.8 Å². The van der Waals surface area contributed by atoms with E-state index in [1.807, 2.05) is 20.8 Å². The Kier molecular flexibility index (Phi) is 6.37. The Bertz CT molecular complexity index is 628. The molecule has 0 aromatic heterocycles. The van der Waals surface area contributed by atoms with Gasteiger partial charge in [-0.3, -0.25) is 0 Å². The summed E-state index contributed by atoms with van der Waals surface area (Å²) < 4.78 is 27.6. The number of sulfonamides is 1. The van der Waals surface area contributed by atoms with E-state index < -0.39 is 16.0 Å². The molecule has 0 spiro atoms. The highest BCUT2D eigenvalue weighted by atomic mass is 32.2. The van der Waals surface area contributed by atoms with Gasteiger partial charge in [-0.05, 0) is 44.9 Å². The smallest absolute Gasteiger partial charge is 0.335 e. The molecule has 0 heterocycles. The maximum Gasteiger partial charge on any atom is 0.335 e. The van der Waals surface area contributed by atoms with Gasteiger partial charge in [0.05, 0.1) is 11.3 Å². The molecule has 0 aliphatic rings. The van der Waals surface area contributed by atoms with Crippen LogP contribution < -0.4 is 10.0 Å². The van der Waals surface area contributed by atoms with Crippen LogP contribution in [0, 0.1) is 0 Å². The van der Waals surface area contributed by atoms with E-state index in [1.54, 1.807) is 6.92 Å². The largest absolute Gasteiger partial charge is 0.478 e. The zero-order chi connectivity index (χ0) is 16.9. The number of benzene rings is 1. The van der Waals surface area contributed by atoms with E-state index in [9.17, 15) is 13.2 Å². The lowest BCUT2D eigenvalue weighted by Gasteiger charge is -2.19. The molecule has 3 N–H and O–H groups in total. The number of carboxylic acid groups (broad SMARTS) is 1. The van der Waals surface area contributed by atoms with Gasteiger partial charge in [0.2, 0.25) is 10.0 Å². The minimum atomic E-state index is -3.79. The minimum absolute atomic E-state index is 0.0343. The molecule has 1 rings (SSSR count). The molecule has 0 bridgehead atoms. The van der Waals surface area contributed by atoms with Gasteiger partial charge in [0, 0.05) is 12.1 Å². The van der Waals surface area contributed by atoms with Crippen molar-refractivity contribution < 1.29 is 18.3 Å². The van der Waals surface area contributed by atoms with E-state index in [4.69, 9.17) is 5.11 Å². The fourth-order valence-electron chi connectivity index (χ4n) is 1.78. The number of aromatic carboxylic acids is 1. The van der Waals surface area contributed by atoms with Crippen molar-refractivity contribution in [3.63, 3.8) is 0 Å². The second kappa shape index (κ2) is 7.60. The predicted octanol–water partition coefficient (Wildman–Crippen LogP) is 2.67. The number of hydrogen-bond acceptors (Lipinski definition) is 4. The molecule has 0 radical (unpaired) electrons. The van der Waals surface area contributed by atoms with E-state index in [2.05, 4.69) is 10.0 Å². The van der Waals surface area contributed by atoms with Crippen LogP contribution in [0.4, 0.5) is 5.69 Å². The number of nitrogens with one attached hydrogen (secondary N) is 2. The van der Waals surface area contributed by atoms with Gasteiger partial charge in [-0.15, -0.1) is 0 Å². The topological polar surface area (TPSA) is 95.5 Å².